The van der Waals surface area contributed by atoms with Crippen LogP contribution in [0.25, 0.3) is 5.82 Å². The molecule has 3 aromatic rings. The Morgan fingerprint density at radius 1 is 1.04 bits per heavy atom. The number of hydrogen-bond donors (Lipinski definition) is 1. The molecule has 0 radical (unpaired) electrons. The third kappa shape index (κ3) is 3.04. The number of pyridine rings is 1. The first kappa shape index (κ1) is 14.7. The van der Waals surface area contributed by atoms with Gasteiger partial charge in [0.15, 0.2) is 5.82 Å². The minimum Gasteiger partial charge on any atom is -0.263 e. The lowest BCUT2D eigenvalue weighted by molar-refractivity contribution is 0.600. The quantitative estimate of drug-likeness (QED) is 0.790. The number of nitrogens with one attached hydrogen (secondary N) is 1. The Labute approximate surface area is 132 Å². The van der Waals surface area contributed by atoms with E-state index in [1.54, 1.807) is 24.4 Å². The molecule has 114 valence electrons. The van der Waals surface area contributed by atoms with Gasteiger partial charge in [0.1, 0.15) is 5.82 Å². The van der Waals surface area contributed by atoms with E-state index in [9.17, 15) is 8.42 Å². The predicted octanol–water partition coefficient (Wildman–Crippen LogP) is 1.94. The van der Waals surface area contributed by atoms with Crippen molar-refractivity contribution in [1.82, 2.24) is 14.8 Å². The summed E-state index contributed by atoms with van der Waals surface area (Å²) in [6.07, 6.45) is 3.07. The van der Waals surface area contributed by atoms with E-state index >= 15 is 0 Å². The maximum absolute atomic E-state index is 12.4. The Hall–Kier alpha value is -3.18. The minimum atomic E-state index is -3.79. The SMILES string of the molecule is N#Cc1ccc(S(=O)(=O)Nc2ccnn2-c2ccccn2)cc1. The monoisotopic (exact) mass is 325 g/mol. The van der Waals surface area contributed by atoms with E-state index in [2.05, 4.69) is 14.8 Å². The van der Waals surface area contributed by atoms with Crippen molar-refractivity contribution in [2.75, 3.05) is 4.72 Å². The molecular weight excluding hydrogens is 314 g/mol. The summed E-state index contributed by atoms with van der Waals surface area (Å²) in [6.45, 7) is 0. The Kier molecular flexibility index (Phi) is 3.78. The van der Waals surface area contributed by atoms with Gasteiger partial charge in [-0.3, -0.25) is 4.72 Å². The molecule has 0 unspecified atom stereocenters. The van der Waals surface area contributed by atoms with Gasteiger partial charge >= 0.3 is 0 Å². The lowest BCUT2D eigenvalue weighted by atomic mass is 10.2. The molecular formula is C15H11N5O2S. The van der Waals surface area contributed by atoms with Crippen molar-refractivity contribution >= 4 is 15.8 Å². The Morgan fingerprint density at radius 3 is 2.48 bits per heavy atom. The van der Waals surface area contributed by atoms with Gasteiger partial charge in [-0.25, -0.2) is 13.4 Å². The fraction of sp³-hybridized carbons (Fsp3) is 0. The molecule has 0 aliphatic carbocycles. The van der Waals surface area contributed by atoms with Gasteiger partial charge in [-0.05, 0) is 36.4 Å². The van der Waals surface area contributed by atoms with Crippen molar-refractivity contribution in [3.05, 3.63) is 66.5 Å². The van der Waals surface area contributed by atoms with E-state index < -0.39 is 10.0 Å². The van der Waals surface area contributed by atoms with Crippen molar-refractivity contribution in [1.29, 1.82) is 5.26 Å². The second kappa shape index (κ2) is 5.90. The lowest BCUT2D eigenvalue weighted by Crippen LogP contribution is -2.16. The van der Waals surface area contributed by atoms with Crippen LogP contribution in [0.4, 0.5) is 5.82 Å². The molecule has 3 rings (SSSR count). The largest absolute Gasteiger partial charge is 0.263 e. The molecule has 8 heteroatoms. The molecule has 0 fully saturated rings. The number of aromatic nitrogens is 3. The highest BCUT2D eigenvalue weighted by Gasteiger charge is 2.17. The van der Waals surface area contributed by atoms with Gasteiger partial charge in [0, 0.05) is 12.3 Å². The molecule has 1 aromatic carbocycles. The van der Waals surface area contributed by atoms with Crippen LogP contribution in [-0.2, 0) is 10.0 Å². The van der Waals surface area contributed by atoms with E-state index in [1.807, 2.05) is 6.07 Å². The fourth-order valence-electron chi connectivity index (χ4n) is 1.95. The van der Waals surface area contributed by atoms with Crippen LogP contribution < -0.4 is 4.72 Å². The lowest BCUT2D eigenvalue weighted by Gasteiger charge is -2.10. The van der Waals surface area contributed by atoms with Crippen molar-refractivity contribution in [2.24, 2.45) is 0 Å². The molecule has 0 spiro atoms. The smallest absolute Gasteiger partial charge is 0.263 e. The number of nitriles is 1. The van der Waals surface area contributed by atoms with Crippen molar-refractivity contribution < 1.29 is 8.42 Å². The number of sulfonamides is 1. The third-order valence-electron chi connectivity index (χ3n) is 3.04. The second-order valence-corrected chi connectivity index (χ2v) is 6.24. The van der Waals surface area contributed by atoms with Crippen molar-refractivity contribution in [2.45, 2.75) is 4.90 Å². The summed E-state index contributed by atoms with van der Waals surface area (Å²) < 4.78 is 28.7. The summed E-state index contributed by atoms with van der Waals surface area (Å²) >= 11 is 0. The summed E-state index contributed by atoms with van der Waals surface area (Å²) in [6, 6.07) is 14.4. The van der Waals surface area contributed by atoms with Gasteiger partial charge in [-0.1, -0.05) is 6.07 Å². The first-order valence-corrected chi connectivity index (χ1v) is 8.07. The van der Waals surface area contributed by atoms with Gasteiger partial charge < -0.3 is 0 Å². The number of rotatable bonds is 4. The van der Waals surface area contributed by atoms with Crippen LogP contribution >= 0.6 is 0 Å². The molecule has 0 saturated heterocycles. The number of anilines is 1. The number of hydrogen-bond acceptors (Lipinski definition) is 5. The van der Waals surface area contributed by atoms with Crippen LogP contribution in [0.15, 0.2) is 65.8 Å². The highest BCUT2D eigenvalue weighted by molar-refractivity contribution is 7.92. The molecule has 7 nitrogen and oxygen atoms in total. The fourth-order valence-corrected chi connectivity index (χ4v) is 2.99. The van der Waals surface area contributed by atoms with E-state index in [1.165, 1.54) is 41.2 Å². The topological polar surface area (TPSA) is 101 Å². The summed E-state index contributed by atoms with van der Waals surface area (Å²) in [7, 11) is -3.79. The molecule has 23 heavy (non-hydrogen) atoms. The van der Waals surface area contributed by atoms with Gasteiger partial charge in [0.25, 0.3) is 10.0 Å². The molecule has 0 amide bonds. The van der Waals surface area contributed by atoms with Crippen LogP contribution in [0, 0.1) is 11.3 Å². The molecule has 0 aliphatic heterocycles. The molecule has 2 aromatic heterocycles. The average Bonchev–Trinajstić information content (AvgIpc) is 3.03. The molecule has 0 bridgehead atoms. The summed E-state index contributed by atoms with van der Waals surface area (Å²) in [5.41, 5.74) is 0.391. The van der Waals surface area contributed by atoms with Crippen LogP contribution in [-0.4, -0.2) is 23.2 Å². The Bertz CT molecular complexity index is 957. The first-order chi connectivity index (χ1) is 11.1. The van der Waals surface area contributed by atoms with E-state index in [0.29, 0.717) is 11.4 Å². The van der Waals surface area contributed by atoms with Crippen molar-refractivity contribution in [3.63, 3.8) is 0 Å². The number of nitrogens with zero attached hydrogens (tertiary/aromatic N) is 4. The molecule has 1 N–H and O–H groups in total. The summed E-state index contributed by atoms with van der Waals surface area (Å²) in [5.74, 6) is 0.767. The van der Waals surface area contributed by atoms with Crippen LogP contribution in [0.3, 0.4) is 0 Å². The second-order valence-electron chi connectivity index (χ2n) is 4.56. The van der Waals surface area contributed by atoms with E-state index in [-0.39, 0.29) is 10.7 Å². The zero-order chi connectivity index (χ0) is 16.3. The molecule has 2 heterocycles. The Balaban J connectivity index is 1.93. The zero-order valence-electron chi connectivity index (χ0n) is 11.8. The van der Waals surface area contributed by atoms with Gasteiger partial charge in [-0.15, -0.1) is 0 Å². The van der Waals surface area contributed by atoms with Crippen molar-refractivity contribution in [3.8, 4) is 11.9 Å². The standard InChI is InChI=1S/C15H11N5O2S/c16-11-12-4-6-13(7-5-12)23(21,22)19-15-8-10-18-20(15)14-3-1-2-9-17-14/h1-10,19H. The van der Waals surface area contributed by atoms with E-state index in [0.717, 1.165) is 0 Å². The molecule has 0 aliphatic rings. The normalized spacial score (nSPS) is 10.9. The zero-order valence-corrected chi connectivity index (χ0v) is 12.6. The molecule has 0 saturated carbocycles. The van der Waals surface area contributed by atoms with Gasteiger partial charge in [0.05, 0.1) is 22.7 Å². The highest BCUT2D eigenvalue weighted by atomic mass is 32.2. The van der Waals surface area contributed by atoms with Crippen LogP contribution in [0.1, 0.15) is 5.56 Å². The predicted molar refractivity (Wildman–Crippen MR) is 83.3 cm³/mol. The van der Waals surface area contributed by atoms with Gasteiger partial charge in [-0.2, -0.15) is 15.0 Å². The van der Waals surface area contributed by atoms with Crippen LogP contribution in [0.2, 0.25) is 0 Å². The first-order valence-electron chi connectivity index (χ1n) is 6.58. The third-order valence-corrected chi connectivity index (χ3v) is 4.41. The maximum atomic E-state index is 12.4. The number of benzene rings is 1. The summed E-state index contributed by atoms with van der Waals surface area (Å²) in [5, 5.41) is 12.8. The summed E-state index contributed by atoms with van der Waals surface area (Å²) in [4.78, 5) is 4.20. The highest BCUT2D eigenvalue weighted by Crippen LogP contribution is 2.18. The van der Waals surface area contributed by atoms with E-state index in [4.69, 9.17) is 5.26 Å². The minimum absolute atomic E-state index is 0.0604. The van der Waals surface area contributed by atoms with Gasteiger partial charge in [0.2, 0.25) is 0 Å². The average molecular weight is 325 g/mol. The van der Waals surface area contributed by atoms with Crippen LogP contribution in [0.5, 0.6) is 0 Å². The Morgan fingerprint density at radius 2 is 1.83 bits per heavy atom. The molecule has 0 atom stereocenters. The maximum Gasteiger partial charge on any atom is 0.263 e.